The Balaban J connectivity index is 1.81. The van der Waals surface area contributed by atoms with E-state index in [1.165, 1.54) is 30.5 Å². The Morgan fingerprint density at radius 2 is 1.68 bits per heavy atom. The van der Waals surface area contributed by atoms with E-state index < -0.39 is 27.8 Å². The number of halogens is 2. The van der Waals surface area contributed by atoms with Crippen molar-refractivity contribution < 1.29 is 22.7 Å². The van der Waals surface area contributed by atoms with Crippen LogP contribution in [0.2, 0.25) is 10.0 Å². The van der Waals surface area contributed by atoms with E-state index in [0.29, 0.717) is 16.9 Å². The Kier molecular flexibility index (Phi) is 10.7. The number of hydrogen-bond donors (Lipinski definition) is 2. The molecule has 10 nitrogen and oxygen atoms in total. The van der Waals surface area contributed by atoms with Crippen LogP contribution in [0.5, 0.6) is 0 Å². The highest BCUT2D eigenvalue weighted by atomic mass is 35.5. The molecule has 13 heteroatoms. The summed E-state index contributed by atoms with van der Waals surface area (Å²) in [6.07, 6.45) is 2.78. The smallest absolute Gasteiger partial charge is 0.331 e. The first-order valence-electron chi connectivity index (χ1n) is 12.5. The van der Waals surface area contributed by atoms with Gasteiger partial charge in [-0.2, -0.15) is 0 Å². The second kappa shape index (κ2) is 13.8. The Labute approximate surface area is 249 Å². The van der Waals surface area contributed by atoms with Crippen LogP contribution in [-0.2, 0) is 25.8 Å². The van der Waals surface area contributed by atoms with Gasteiger partial charge >= 0.3 is 5.97 Å². The molecular weight excluding hydrogens is 589 g/mol. The number of esters is 1. The number of amides is 1. The van der Waals surface area contributed by atoms with Gasteiger partial charge in [0.1, 0.15) is 0 Å². The number of nitrogens with one attached hydrogen (secondary N) is 1. The van der Waals surface area contributed by atoms with E-state index in [2.05, 4.69) is 15.3 Å². The maximum Gasteiger partial charge on any atom is 0.331 e. The molecule has 0 saturated heterocycles. The van der Waals surface area contributed by atoms with Gasteiger partial charge in [-0.15, -0.1) is 0 Å². The Bertz CT molecular complexity index is 1530. The monoisotopic (exact) mass is 619 g/mol. The van der Waals surface area contributed by atoms with Crippen molar-refractivity contribution >= 4 is 62.2 Å². The molecule has 2 aromatic carbocycles. The number of nitrogens with zero attached hydrogens (tertiary/aromatic N) is 3. The van der Waals surface area contributed by atoms with Crippen molar-refractivity contribution in [1.82, 2.24) is 4.98 Å². The van der Waals surface area contributed by atoms with Gasteiger partial charge in [0.05, 0.1) is 39.1 Å². The van der Waals surface area contributed by atoms with Gasteiger partial charge in [-0.3, -0.25) is 9.78 Å². The zero-order chi connectivity index (χ0) is 30.3. The number of benzene rings is 2. The van der Waals surface area contributed by atoms with Gasteiger partial charge in [-0.1, -0.05) is 61.3 Å². The van der Waals surface area contributed by atoms with Crippen LogP contribution in [0.3, 0.4) is 0 Å². The normalized spacial score (nSPS) is 12.6. The van der Waals surface area contributed by atoms with Crippen molar-refractivity contribution in [2.45, 2.75) is 31.2 Å². The van der Waals surface area contributed by atoms with Crippen LogP contribution in [0.15, 0.2) is 70.8 Å². The first-order valence-corrected chi connectivity index (χ1v) is 14.9. The lowest BCUT2D eigenvalue weighted by molar-refractivity contribution is -0.142. The third-order valence-electron chi connectivity index (χ3n) is 5.94. The number of para-hydroxylation sites is 1. The summed E-state index contributed by atoms with van der Waals surface area (Å²) in [7, 11) is -0.772. The van der Waals surface area contributed by atoms with Crippen LogP contribution in [0.1, 0.15) is 29.8 Å². The van der Waals surface area contributed by atoms with Gasteiger partial charge in [0.25, 0.3) is 5.91 Å². The van der Waals surface area contributed by atoms with Gasteiger partial charge in [0.2, 0.25) is 0 Å². The van der Waals surface area contributed by atoms with Crippen LogP contribution in [0.25, 0.3) is 0 Å². The van der Waals surface area contributed by atoms with Gasteiger partial charge in [0, 0.05) is 31.5 Å². The summed E-state index contributed by atoms with van der Waals surface area (Å²) in [6.45, 7) is 3.65. The highest BCUT2D eigenvalue weighted by Gasteiger charge is 2.25. The Morgan fingerprint density at radius 3 is 2.27 bits per heavy atom. The molecule has 41 heavy (non-hydrogen) atoms. The maximum atomic E-state index is 13.0. The third kappa shape index (κ3) is 8.18. The maximum absolute atomic E-state index is 13.0. The van der Waals surface area contributed by atoms with E-state index in [1.807, 2.05) is 13.8 Å². The van der Waals surface area contributed by atoms with E-state index in [1.54, 1.807) is 49.5 Å². The predicted octanol–water partition coefficient (Wildman–Crippen LogP) is 4.61. The van der Waals surface area contributed by atoms with Crippen LogP contribution in [-0.4, -0.2) is 57.2 Å². The summed E-state index contributed by atoms with van der Waals surface area (Å²) in [6, 6.07) is 12.2. The van der Waals surface area contributed by atoms with Crippen molar-refractivity contribution in [2.24, 2.45) is 16.6 Å². The first kappa shape index (κ1) is 31.9. The fourth-order valence-corrected chi connectivity index (χ4v) is 6.39. The van der Waals surface area contributed by atoms with Crippen LogP contribution in [0.4, 0.5) is 11.4 Å². The molecule has 0 aliphatic heterocycles. The number of methoxy groups -OCH3 is 1. The minimum Gasteiger partial charge on any atom is -0.467 e. The van der Waals surface area contributed by atoms with Crippen molar-refractivity contribution in [3.05, 3.63) is 82.1 Å². The average Bonchev–Trinajstić information content (AvgIpc) is 2.92. The number of sulfone groups is 1. The first-order chi connectivity index (χ1) is 19.3. The topological polar surface area (TPSA) is 144 Å². The number of ether oxygens (including phenoxy) is 1. The molecule has 0 fully saturated rings. The lowest BCUT2D eigenvalue weighted by Gasteiger charge is -2.23. The number of aliphatic imine (C=N–C) groups is 1. The largest absolute Gasteiger partial charge is 0.467 e. The second-order valence-corrected chi connectivity index (χ2v) is 12.4. The molecule has 3 rings (SSSR count). The number of anilines is 2. The summed E-state index contributed by atoms with van der Waals surface area (Å²) in [4.78, 5) is 35.0. The van der Waals surface area contributed by atoms with E-state index in [-0.39, 0.29) is 44.6 Å². The molecule has 0 radical (unpaired) electrons. The molecule has 1 amide bonds. The third-order valence-corrected chi connectivity index (χ3v) is 8.63. The van der Waals surface area contributed by atoms with Gasteiger partial charge in [-0.25, -0.2) is 18.2 Å². The number of rotatable bonds is 10. The van der Waals surface area contributed by atoms with Crippen molar-refractivity contribution in [3.63, 3.8) is 0 Å². The fourth-order valence-electron chi connectivity index (χ4n) is 3.98. The molecule has 3 N–H and O–H groups in total. The minimum absolute atomic E-state index is 0.0290. The van der Waals surface area contributed by atoms with E-state index >= 15 is 0 Å². The van der Waals surface area contributed by atoms with Gasteiger partial charge in [0.15, 0.2) is 21.8 Å². The van der Waals surface area contributed by atoms with E-state index in [0.717, 1.165) is 0 Å². The lowest BCUT2D eigenvalue weighted by atomic mass is 10.1. The molecule has 0 aliphatic carbocycles. The molecule has 1 heterocycles. The molecule has 1 atom stereocenters. The number of nitrogens with two attached hydrogens (primary N) is 1. The SMILES string of the molecule is COC(=O)[C@H](Cc1ccc(NC(=O)c2c(Cl)cncc2Cl)cc1)N=C(N)N(C)c1ccccc1S(=O)(=O)CC(C)C. The van der Waals surface area contributed by atoms with Crippen LogP contribution in [0, 0.1) is 5.92 Å². The highest BCUT2D eigenvalue weighted by Crippen LogP contribution is 2.27. The average molecular weight is 621 g/mol. The van der Waals surface area contributed by atoms with E-state index in [9.17, 15) is 18.0 Å². The summed E-state index contributed by atoms with van der Waals surface area (Å²) in [5, 5.41) is 2.96. The Hall–Kier alpha value is -3.67. The number of guanidine groups is 1. The van der Waals surface area contributed by atoms with Crippen LogP contribution >= 0.6 is 23.2 Å². The summed E-state index contributed by atoms with van der Waals surface area (Å²) in [5.41, 5.74) is 7.89. The standard InChI is InChI=1S/C28H31Cl2N5O5S/c1-17(2)16-41(38,39)24-8-6-5-7-23(24)35(3)28(31)34-22(27(37)40-4)13-18-9-11-19(12-10-18)33-26(36)25-20(29)14-32-15-21(25)30/h5-12,14-15,17,22H,13,16H2,1-4H3,(H2,31,34)(H,33,36)/t22-/m0/s1. The molecular formula is C28H31Cl2N5O5S. The molecule has 0 bridgehead atoms. The molecule has 0 spiro atoms. The minimum atomic E-state index is -3.59. The van der Waals surface area contributed by atoms with Crippen molar-refractivity contribution in [1.29, 1.82) is 0 Å². The number of aromatic nitrogens is 1. The molecule has 1 aromatic heterocycles. The molecule has 3 aromatic rings. The lowest BCUT2D eigenvalue weighted by Crippen LogP contribution is -2.38. The fraction of sp³-hybridized carbons (Fsp3) is 0.286. The number of carbonyl (C=O) groups is 2. The number of carbonyl (C=O) groups excluding carboxylic acids is 2. The quantitative estimate of drug-likeness (QED) is 0.190. The molecule has 0 aliphatic rings. The zero-order valence-corrected chi connectivity index (χ0v) is 25.3. The van der Waals surface area contributed by atoms with Gasteiger partial charge in [-0.05, 0) is 35.7 Å². The molecule has 0 saturated carbocycles. The number of hydrogen-bond acceptors (Lipinski definition) is 7. The number of pyridine rings is 1. The van der Waals surface area contributed by atoms with E-state index in [4.69, 9.17) is 33.7 Å². The summed E-state index contributed by atoms with van der Waals surface area (Å²) < 4.78 is 30.9. The summed E-state index contributed by atoms with van der Waals surface area (Å²) >= 11 is 12.1. The molecule has 0 unspecified atom stereocenters. The van der Waals surface area contributed by atoms with Crippen molar-refractivity contribution in [3.8, 4) is 0 Å². The second-order valence-electron chi connectivity index (χ2n) is 9.56. The van der Waals surface area contributed by atoms with Crippen molar-refractivity contribution in [2.75, 3.05) is 30.1 Å². The summed E-state index contributed by atoms with van der Waals surface area (Å²) in [5.74, 6) is -1.29. The highest BCUT2D eigenvalue weighted by molar-refractivity contribution is 7.91. The molecule has 218 valence electrons. The zero-order valence-electron chi connectivity index (χ0n) is 23.0. The van der Waals surface area contributed by atoms with Crippen LogP contribution < -0.4 is 16.0 Å². The Morgan fingerprint density at radius 1 is 1.07 bits per heavy atom. The van der Waals surface area contributed by atoms with Gasteiger partial charge < -0.3 is 20.7 Å². The predicted molar refractivity (Wildman–Crippen MR) is 162 cm³/mol.